The molecule has 57 heavy (non-hydrogen) atoms. The summed E-state index contributed by atoms with van der Waals surface area (Å²) in [5.74, 6) is 0.601. The fourth-order valence-electron chi connectivity index (χ4n) is 9.03. The molecule has 0 spiro atoms. The summed E-state index contributed by atoms with van der Waals surface area (Å²) in [5, 5.41) is 4.26. The maximum atomic E-state index is 6.33. The van der Waals surface area contributed by atoms with Crippen molar-refractivity contribution in [3.63, 3.8) is 0 Å². The van der Waals surface area contributed by atoms with Crippen LogP contribution in [-0.2, 0) is 5.41 Å². The molecule has 3 heterocycles. The van der Waals surface area contributed by atoms with Crippen molar-refractivity contribution >= 4 is 72.0 Å². The Hall–Kier alpha value is -7.37. The van der Waals surface area contributed by atoms with Gasteiger partial charge in [-0.05, 0) is 112 Å². The van der Waals surface area contributed by atoms with Gasteiger partial charge in [-0.15, -0.1) is 0 Å². The summed E-state index contributed by atoms with van der Waals surface area (Å²) in [5.41, 5.74) is 16.5. The predicted octanol–water partition coefficient (Wildman–Crippen LogP) is 14.7. The number of furan rings is 2. The van der Waals surface area contributed by atoms with Crippen molar-refractivity contribution in [1.82, 2.24) is 4.98 Å². The Labute approximate surface area is 328 Å². The van der Waals surface area contributed by atoms with Gasteiger partial charge in [-0.2, -0.15) is 0 Å². The third-order valence-electron chi connectivity index (χ3n) is 11.9. The molecule has 0 atom stereocenters. The minimum Gasteiger partial charge on any atom is -0.456 e. The Kier molecular flexibility index (Phi) is 6.62. The SMILES string of the molecule is CC1(C)c2ccccc2-c2cc(N(c3ccc(-c4ccc5oc6cc7oc(-c8ccccc8)nc7cc6c5c4)cc3)c3ccc4oc5ccccc5c4c3)ccc21. The molecule has 5 heteroatoms. The minimum atomic E-state index is -0.0703. The minimum absolute atomic E-state index is 0.0703. The molecular formula is C52H34N2O3. The van der Waals surface area contributed by atoms with Crippen LogP contribution in [0.1, 0.15) is 25.0 Å². The lowest BCUT2D eigenvalue weighted by Gasteiger charge is -2.27. The molecule has 0 fully saturated rings. The average Bonchev–Trinajstić information content (AvgIpc) is 4.00. The maximum absolute atomic E-state index is 6.33. The molecule has 0 unspecified atom stereocenters. The van der Waals surface area contributed by atoms with Crippen LogP contribution >= 0.6 is 0 Å². The van der Waals surface area contributed by atoms with Gasteiger partial charge in [-0.25, -0.2) is 4.98 Å². The number of aromatic nitrogens is 1. The Bertz CT molecular complexity index is 3380. The number of nitrogens with zero attached hydrogens (tertiary/aromatic N) is 2. The molecule has 0 bridgehead atoms. The molecule has 3 aromatic heterocycles. The summed E-state index contributed by atoms with van der Waals surface area (Å²) in [4.78, 5) is 7.18. The third kappa shape index (κ3) is 4.85. The lowest BCUT2D eigenvalue weighted by atomic mass is 9.82. The van der Waals surface area contributed by atoms with Crippen molar-refractivity contribution in [1.29, 1.82) is 0 Å². The highest BCUT2D eigenvalue weighted by atomic mass is 16.4. The van der Waals surface area contributed by atoms with Crippen LogP contribution < -0.4 is 4.90 Å². The van der Waals surface area contributed by atoms with Gasteiger partial charge in [0.1, 0.15) is 27.8 Å². The Morgan fingerprint density at radius 2 is 1.04 bits per heavy atom. The van der Waals surface area contributed by atoms with Crippen molar-refractivity contribution < 1.29 is 13.3 Å². The van der Waals surface area contributed by atoms with Gasteiger partial charge in [0.25, 0.3) is 0 Å². The van der Waals surface area contributed by atoms with Crippen LogP contribution in [0.5, 0.6) is 0 Å². The molecular weight excluding hydrogens is 701 g/mol. The van der Waals surface area contributed by atoms with Crippen molar-refractivity contribution in [2.24, 2.45) is 0 Å². The number of hydrogen-bond acceptors (Lipinski definition) is 5. The second kappa shape index (κ2) is 11.8. The molecule has 11 aromatic rings. The first-order valence-corrected chi connectivity index (χ1v) is 19.3. The Morgan fingerprint density at radius 3 is 1.91 bits per heavy atom. The van der Waals surface area contributed by atoms with E-state index in [1.807, 2.05) is 48.5 Å². The van der Waals surface area contributed by atoms with E-state index in [1.165, 1.54) is 22.3 Å². The number of oxazole rings is 1. The molecule has 5 nitrogen and oxygen atoms in total. The number of fused-ring (bicyclic) bond motifs is 10. The smallest absolute Gasteiger partial charge is 0.227 e. The van der Waals surface area contributed by atoms with Crippen molar-refractivity contribution in [2.45, 2.75) is 19.3 Å². The van der Waals surface area contributed by atoms with E-state index >= 15 is 0 Å². The zero-order chi connectivity index (χ0) is 37.8. The monoisotopic (exact) mass is 734 g/mol. The molecule has 12 rings (SSSR count). The summed E-state index contributed by atoms with van der Waals surface area (Å²) in [6, 6.07) is 59.8. The summed E-state index contributed by atoms with van der Waals surface area (Å²) < 4.78 is 18.7. The van der Waals surface area contributed by atoms with Crippen LogP contribution in [0, 0.1) is 0 Å². The van der Waals surface area contributed by atoms with Gasteiger partial charge in [0.15, 0.2) is 5.58 Å². The van der Waals surface area contributed by atoms with Crippen molar-refractivity contribution in [3.8, 4) is 33.7 Å². The van der Waals surface area contributed by atoms with Crippen LogP contribution in [0.2, 0.25) is 0 Å². The van der Waals surface area contributed by atoms with Crippen molar-refractivity contribution in [2.75, 3.05) is 4.90 Å². The van der Waals surface area contributed by atoms with Crippen LogP contribution in [0.4, 0.5) is 17.1 Å². The molecule has 1 aliphatic rings. The van der Waals surface area contributed by atoms with Crippen LogP contribution in [-0.4, -0.2) is 4.98 Å². The average molecular weight is 735 g/mol. The van der Waals surface area contributed by atoms with Crippen LogP contribution in [0.15, 0.2) is 183 Å². The van der Waals surface area contributed by atoms with E-state index in [0.29, 0.717) is 11.5 Å². The van der Waals surface area contributed by atoms with E-state index < -0.39 is 0 Å². The highest BCUT2D eigenvalue weighted by Gasteiger charge is 2.35. The normalized spacial score (nSPS) is 13.2. The standard InChI is InChI=1S/C52H34N2O3/c1-52(2)43-14-8-6-12-37(43)39-27-35(21-23-44(39)52)54(36-22-25-48-41(28-36)38-13-7-9-15-46(38)55-48)34-19-16-31(17-20-34)33-18-24-47-40(26-33)42-29-45-50(30-49(42)56-47)57-51(53-45)32-10-4-3-5-11-32/h3-30H,1-2H3. The maximum Gasteiger partial charge on any atom is 0.227 e. The van der Waals surface area contributed by atoms with Gasteiger partial charge in [0, 0.05) is 55.7 Å². The molecule has 0 saturated heterocycles. The fraction of sp³-hybridized carbons (Fsp3) is 0.0577. The van der Waals surface area contributed by atoms with E-state index in [-0.39, 0.29) is 5.41 Å². The second-order valence-electron chi connectivity index (χ2n) is 15.6. The zero-order valence-corrected chi connectivity index (χ0v) is 31.3. The predicted molar refractivity (Wildman–Crippen MR) is 232 cm³/mol. The number of benzene rings is 8. The molecule has 0 amide bonds. The van der Waals surface area contributed by atoms with Crippen molar-refractivity contribution in [3.05, 3.63) is 181 Å². The van der Waals surface area contributed by atoms with Gasteiger partial charge in [0.05, 0.1) is 0 Å². The van der Waals surface area contributed by atoms with E-state index in [9.17, 15) is 0 Å². The lowest BCUT2D eigenvalue weighted by Crippen LogP contribution is -2.15. The first-order chi connectivity index (χ1) is 28.0. The van der Waals surface area contributed by atoms with Gasteiger partial charge in [-0.3, -0.25) is 0 Å². The Balaban J connectivity index is 0.966. The zero-order valence-electron chi connectivity index (χ0n) is 31.3. The van der Waals surface area contributed by atoms with E-state index in [0.717, 1.165) is 83.1 Å². The fourth-order valence-corrected chi connectivity index (χ4v) is 9.03. The molecule has 0 saturated carbocycles. The van der Waals surface area contributed by atoms with Gasteiger partial charge < -0.3 is 18.2 Å². The summed E-state index contributed by atoms with van der Waals surface area (Å²) in [7, 11) is 0. The third-order valence-corrected chi connectivity index (χ3v) is 11.9. The molecule has 0 N–H and O–H groups in total. The first kappa shape index (κ1) is 31.9. The highest BCUT2D eigenvalue weighted by Crippen LogP contribution is 2.51. The van der Waals surface area contributed by atoms with Gasteiger partial charge in [-0.1, -0.05) is 98.8 Å². The molecule has 8 aromatic carbocycles. The lowest BCUT2D eigenvalue weighted by molar-refractivity contribution is 0.617. The number of hydrogen-bond donors (Lipinski definition) is 0. The molecule has 270 valence electrons. The molecule has 1 aliphatic carbocycles. The number of rotatable bonds is 5. The molecule has 0 aliphatic heterocycles. The molecule has 0 radical (unpaired) electrons. The summed E-state index contributed by atoms with van der Waals surface area (Å²) >= 11 is 0. The largest absolute Gasteiger partial charge is 0.456 e. The number of anilines is 3. The first-order valence-electron chi connectivity index (χ1n) is 19.3. The topological polar surface area (TPSA) is 55.6 Å². The van der Waals surface area contributed by atoms with Crippen LogP contribution in [0.3, 0.4) is 0 Å². The highest BCUT2D eigenvalue weighted by molar-refractivity contribution is 6.10. The Morgan fingerprint density at radius 1 is 0.404 bits per heavy atom. The quantitative estimate of drug-likeness (QED) is 0.176. The van der Waals surface area contributed by atoms with Gasteiger partial charge in [0.2, 0.25) is 5.89 Å². The van der Waals surface area contributed by atoms with E-state index in [1.54, 1.807) is 0 Å². The number of para-hydroxylation sites is 1. The van der Waals surface area contributed by atoms with E-state index in [2.05, 4.69) is 140 Å². The van der Waals surface area contributed by atoms with Crippen LogP contribution in [0.25, 0.3) is 88.7 Å². The van der Waals surface area contributed by atoms with E-state index in [4.69, 9.17) is 18.2 Å². The second-order valence-corrected chi connectivity index (χ2v) is 15.6. The summed E-state index contributed by atoms with van der Waals surface area (Å²) in [6.07, 6.45) is 0. The summed E-state index contributed by atoms with van der Waals surface area (Å²) in [6.45, 7) is 4.65. The van der Waals surface area contributed by atoms with Gasteiger partial charge >= 0.3 is 0 Å².